The molecular formula is C13H18N4OS2. The van der Waals surface area contributed by atoms with Gasteiger partial charge in [0.25, 0.3) is 0 Å². The molecule has 0 aliphatic carbocycles. The third-order valence-electron chi connectivity index (χ3n) is 3.16. The second-order valence-corrected chi connectivity index (χ2v) is 6.42. The van der Waals surface area contributed by atoms with Gasteiger partial charge in [-0.1, -0.05) is 24.0 Å². The predicted molar refractivity (Wildman–Crippen MR) is 86.0 cm³/mol. The molecule has 0 radical (unpaired) electrons. The Labute approximate surface area is 129 Å². The Morgan fingerprint density at radius 2 is 2.60 bits per heavy atom. The van der Waals surface area contributed by atoms with E-state index in [1.807, 2.05) is 6.21 Å². The summed E-state index contributed by atoms with van der Waals surface area (Å²) >= 11 is 6.70. The Kier molecular flexibility index (Phi) is 5.98. The van der Waals surface area contributed by atoms with Crippen molar-refractivity contribution in [2.45, 2.75) is 18.7 Å². The number of likely N-dealkylation sites (N-methyl/N-ethyl adjacent to an activating group) is 1. The first-order valence-electron chi connectivity index (χ1n) is 6.54. The molecule has 0 bridgehead atoms. The normalized spacial score (nSPS) is 25.5. The van der Waals surface area contributed by atoms with E-state index in [0.717, 1.165) is 28.8 Å². The van der Waals surface area contributed by atoms with Gasteiger partial charge >= 0.3 is 0 Å². The molecule has 5 nitrogen and oxygen atoms in total. The van der Waals surface area contributed by atoms with Gasteiger partial charge in [-0.15, -0.1) is 0 Å². The molecule has 0 aromatic heterocycles. The first-order valence-corrected chi connectivity index (χ1v) is 7.93. The van der Waals surface area contributed by atoms with Crippen LogP contribution in [0.5, 0.6) is 0 Å². The van der Waals surface area contributed by atoms with Gasteiger partial charge in [-0.2, -0.15) is 5.26 Å². The van der Waals surface area contributed by atoms with Crippen molar-refractivity contribution in [2.24, 2.45) is 4.99 Å². The summed E-state index contributed by atoms with van der Waals surface area (Å²) in [7, 11) is 2.07. The van der Waals surface area contributed by atoms with Crippen LogP contribution in [-0.2, 0) is 4.74 Å². The fourth-order valence-corrected chi connectivity index (χ4v) is 2.96. The third-order valence-corrected chi connectivity index (χ3v) is 4.47. The zero-order valence-electron chi connectivity index (χ0n) is 11.4. The molecule has 2 rings (SSSR count). The molecule has 0 aromatic carbocycles. The smallest absolute Gasteiger partial charge is 0.134 e. The van der Waals surface area contributed by atoms with E-state index < -0.39 is 0 Å². The molecule has 2 aliphatic rings. The van der Waals surface area contributed by atoms with Crippen LogP contribution < -0.4 is 5.32 Å². The molecule has 2 atom stereocenters. The van der Waals surface area contributed by atoms with E-state index in [-0.39, 0.29) is 12.3 Å². The highest BCUT2D eigenvalue weighted by atomic mass is 32.2. The second-order valence-electron chi connectivity index (χ2n) is 4.65. The van der Waals surface area contributed by atoms with Crippen LogP contribution in [0.4, 0.5) is 0 Å². The first kappa shape index (κ1) is 15.4. The third kappa shape index (κ3) is 4.28. The number of thioether (sulfide) groups is 1. The number of rotatable bonds is 4. The number of thiocarbonyl (C=S) groups is 1. The number of aliphatic imine (C=N–C) groups is 1. The summed E-state index contributed by atoms with van der Waals surface area (Å²) in [5, 5.41) is 11.6. The maximum atomic E-state index is 8.47. The van der Waals surface area contributed by atoms with Crippen LogP contribution in [0.1, 0.15) is 6.42 Å². The van der Waals surface area contributed by atoms with E-state index in [2.05, 4.69) is 34.4 Å². The van der Waals surface area contributed by atoms with Gasteiger partial charge in [0.15, 0.2) is 0 Å². The average molecular weight is 310 g/mol. The summed E-state index contributed by atoms with van der Waals surface area (Å²) in [4.78, 5) is 6.74. The van der Waals surface area contributed by atoms with Gasteiger partial charge in [0.1, 0.15) is 16.6 Å². The summed E-state index contributed by atoms with van der Waals surface area (Å²) in [6, 6.07) is 2.10. The van der Waals surface area contributed by atoms with Crippen molar-refractivity contribution in [3.63, 3.8) is 0 Å². The van der Waals surface area contributed by atoms with Gasteiger partial charge in [-0.3, -0.25) is 9.89 Å². The van der Waals surface area contributed by atoms with Gasteiger partial charge < -0.3 is 10.1 Å². The molecule has 2 aliphatic heterocycles. The Morgan fingerprint density at radius 3 is 3.40 bits per heavy atom. The highest BCUT2D eigenvalue weighted by Crippen LogP contribution is 2.19. The Balaban J connectivity index is 1.78. The fraction of sp³-hybridized carbons (Fsp3) is 0.615. The predicted octanol–water partition coefficient (Wildman–Crippen LogP) is 1.18. The fourth-order valence-electron chi connectivity index (χ4n) is 2.08. The molecule has 0 spiro atoms. The van der Waals surface area contributed by atoms with Crippen molar-refractivity contribution in [2.75, 3.05) is 32.5 Å². The Bertz CT molecular complexity index is 458. The summed E-state index contributed by atoms with van der Waals surface area (Å²) in [5.41, 5.74) is 1.09. The van der Waals surface area contributed by atoms with Gasteiger partial charge in [0, 0.05) is 31.5 Å². The number of fused-ring (bicyclic) bond motifs is 1. The maximum absolute atomic E-state index is 8.47. The number of ether oxygens (including phenoxy) is 1. The van der Waals surface area contributed by atoms with Crippen molar-refractivity contribution >= 4 is 34.5 Å². The largest absolute Gasteiger partial charge is 0.369 e. The quantitative estimate of drug-likeness (QED) is 0.621. The first-order chi connectivity index (χ1) is 9.70. The van der Waals surface area contributed by atoms with Crippen LogP contribution in [-0.4, -0.2) is 60.2 Å². The van der Waals surface area contributed by atoms with E-state index in [1.54, 1.807) is 0 Å². The van der Waals surface area contributed by atoms with Crippen molar-refractivity contribution in [1.29, 1.82) is 5.26 Å². The monoisotopic (exact) mass is 310 g/mol. The molecule has 20 heavy (non-hydrogen) atoms. The molecule has 1 saturated heterocycles. The number of nitrogens with zero attached hydrogens (tertiary/aromatic N) is 3. The van der Waals surface area contributed by atoms with E-state index >= 15 is 0 Å². The Hall–Kier alpha value is -0.940. The molecular weight excluding hydrogens is 292 g/mol. The Morgan fingerprint density at radius 1 is 1.75 bits per heavy atom. The minimum atomic E-state index is 0.0374. The second kappa shape index (κ2) is 7.74. The lowest BCUT2D eigenvalue weighted by atomic mass is 10.1. The number of hydrogen-bond acceptors (Lipinski definition) is 6. The van der Waals surface area contributed by atoms with Crippen LogP contribution in [0.15, 0.2) is 16.6 Å². The van der Waals surface area contributed by atoms with E-state index in [9.17, 15) is 0 Å². The topological polar surface area (TPSA) is 60.6 Å². The highest BCUT2D eigenvalue weighted by molar-refractivity contribution is 8.22. The SMILES string of the molecule is CN1CCOC2C=C(CNC(=S)SCCC#N)C=NC21. The number of dihydropyridines is 1. The number of hydrogen-bond donors (Lipinski definition) is 1. The molecule has 108 valence electrons. The van der Waals surface area contributed by atoms with Crippen LogP contribution >= 0.6 is 24.0 Å². The van der Waals surface area contributed by atoms with Gasteiger partial charge in [-0.25, -0.2) is 0 Å². The minimum absolute atomic E-state index is 0.0374. The summed E-state index contributed by atoms with van der Waals surface area (Å²) < 4.78 is 6.46. The summed E-state index contributed by atoms with van der Waals surface area (Å²) in [5.74, 6) is 0.730. The number of nitrogens with one attached hydrogen (secondary N) is 1. The van der Waals surface area contributed by atoms with Gasteiger partial charge in [-0.05, 0) is 18.7 Å². The van der Waals surface area contributed by atoms with Gasteiger partial charge in [0.2, 0.25) is 0 Å². The minimum Gasteiger partial charge on any atom is -0.369 e. The van der Waals surface area contributed by atoms with Gasteiger partial charge in [0.05, 0.1) is 12.7 Å². The molecule has 2 unspecified atom stereocenters. The lowest BCUT2D eigenvalue weighted by Gasteiger charge is -2.37. The molecule has 0 saturated carbocycles. The molecule has 1 N–H and O–H groups in total. The van der Waals surface area contributed by atoms with Crippen molar-refractivity contribution in [1.82, 2.24) is 10.2 Å². The number of morpholine rings is 1. The standard InChI is InChI=1S/C13H18N4OS2/c1-17-4-5-18-11-7-10(8-15-12(11)17)9-16-13(19)20-6-2-3-14/h7-8,11-12H,2,4-6,9H2,1H3,(H,16,19). The van der Waals surface area contributed by atoms with Crippen LogP contribution in [0.3, 0.4) is 0 Å². The molecule has 0 aromatic rings. The lowest BCUT2D eigenvalue weighted by molar-refractivity contribution is -0.0342. The van der Waals surface area contributed by atoms with Crippen LogP contribution in [0.2, 0.25) is 0 Å². The summed E-state index contributed by atoms with van der Waals surface area (Å²) in [6.07, 6.45) is 4.66. The maximum Gasteiger partial charge on any atom is 0.134 e. The van der Waals surface area contributed by atoms with Crippen LogP contribution in [0, 0.1) is 11.3 Å². The number of nitriles is 1. The van der Waals surface area contributed by atoms with Crippen molar-refractivity contribution in [3.8, 4) is 6.07 Å². The van der Waals surface area contributed by atoms with E-state index in [0.29, 0.717) is 13.0 Å². The molecule has 1 fully saturated rings. The zero-order chi connectivity index (χ0) is 14.4. The van der Waals surface area contributed by atoms with Crippen molar-refractivity contribution in [3.05, 3.63) is 11.6 Å². The van der Waals surface area contributed by atoms with E-state index in [4.69, 9.17) is 22.2 Å². The lowest BCUT2D eigenvalue weighted by Crippen LogP contribution is -2.49. The average Bonchev–Trinajstić information content (AvgIpc) is 2.45. The molecule has 0 amide bonds. The van der Waals surface area contributed by atoms with Crippen molar-refractivity contribution < 1.29 is 4.74 Å². The van der Waals surface area contributed by atoms with E-state index in [1.165, 1.54) is 11.8 Å². The zero-order valence-corrected chi connectivity index (χ0v) is 13.0. The summed E-state index contributed by atoms with van der Waals surface area (Å²) in [6.45, 7) is 2.31. The molecule has 7 heteroatoms. The highest BCUT2D eigenvalue weighted by Gasteiger charge is 2.29. The molecule has 2 heterocycles. The van der Waals surface area contributed by atoms with Crippen LogP contribution in [0.25, 0.3) is 0 Å².